The molecule has 0 aromatic heterocycles. The summed E-state index contributed by atoms with van der Waals surface area (Å²) in [6, 6.07) is 5.29. The second kappa shape index (κ2) is 7.30. The minimum Gasteiger partial charge on any atom is -0.330 e. The normalized spacial score (nSPS) is 20.5. The third kappa shape index (κ3) is 3.82. The average molecular weight is 345 g/mol. The summed E-state index contributed by atoms with van der Waals surface area (Å²) in [5, 5.41) is 0.297. The molecule has 0 spiro atoms. The van der Waals surface area contributed by atoms with Crippen LogP contribution < -0.4 is 5.73 Å². The molecule has 1 aromatic rings. The van der Waals surface area contributed by atoms with Crippen LogP contribution in [0.2, 0.25) is 5.02 Å². The zero-order valence-electron chi connectivity index (χ0n) is 13.3. The maximum absolute atomic E-state index is 12.9. The molecule has 124 valence electrons. The topological polar surface area (TPSA) is 63.4 Å². The molecule has 1 heterocycles. The van der Waals surface area contributed by atoms with Crippen LogP contribution in [0.5, 0.6) is 0 Å². The van der Waals surface area contributed by atoms with Crippen LogP contribution in [0.1, 0.15) is 44.6 Å². The summed E-state index contributed by atoms with van der Waals surface area (Å²) in [5.41, 5.74) is 6.60. The standard InChI is InChI=1S/C16H25ClN2O2S/c1-12(2)14-5-6-15(17)16(10-14)22(20,21)19-9-3-4-13(11-19)7-8-18/h5-6,10,12-13H,3-4,7-9,11,18H2,1-2H3. The first kappa shape index (κ1) is 17.7. The summed E-state index contributed by atoms with van der Waals surface area (Å²) >= 11 is 6.18. The van der Waals surface area contributed by atoms with E-state index in [2.05, 4.69) is 0 Å². The van der Waals surface area contributed by atoms with E-state index in [1.165, 1.54) is 0 Å². The molecule has 22 heavy (non-hydrogen) atoms. The van der Waals surface area contributed by atoms with Gasteiger partial charge >= 0.3 is 0 Å². The molecule has 1 aromatic carbocycles. The van der Waals surface area contributed by atoms with Gasteiger partial charge in [-0.2, -0.15) is 4.31 Å². The first-order chi connectivity index (χ1) is 10.4. The molecule has 2 N–H and O–H groups in total. The number of benzene rings is 1. The van der Waals surface area contributed by atoms with Crippen molar-refractivity contribution in [2.45, 2.75) is 43.9 Å². The predicted molar refractivity (Wildman–Crippen MR) is 90.7 cm³/mol. The Morgan fingerprint density at radius 3 is 2.77 bits per heavy atom. The zero-order valence-corrected chi connectivity index (χ0v) is 14.8. The highest BCUT2D eigenvalue weighted by Crippen LogP contribution is 2.31. The molecule has 1 atom stereocenters. The van der Waals surface area contributed by atoms with Gasteiger partial charge in [-0.3, -0.25) is 0 Å². The van der Waals surface area contributed by atoms with Crippen LogP contribution in [0.3, 0.4) is 0 Å². The molecule has 1 unspecified atom stereocenters. The first-order valence-corrected chi connectivity index (χ1v) is 9.67. The lowest BCUT2D eigenvalue weighted by molar-refractivity contribution is 0.258. The van der Waals surface area contributed by atoms with E-state index in [4.69, 9.17) is 17.3 Å². The van der Waals surface area contributed by atoms with Crippen LogP contribution in [0.25, 0.3) is 0 Å². The molecule has 6 heteroatoms. The monoisotopic (exact) mass is 344 g/mol. The van der Waals surface area contributed by atoms with Crippen LogP contribution in [-0.2, 0) is 10.0 Å². The molecule has 0 saturated carbocycles. The number of hydrogen-bond donors (Lipinski definition) is 1. The fourth-order valence-electron chi connectivity index (χ4n) is 2.93. The Balaban J connectivity index is 2.31. The average Bonchev–Trinajstić information content (AvgIpc) is 2.48. The van der Waals surface area contributed by atoms with Gasteiger partial charge in [0.05, 0.1) is 5.02 Å². The number of nitrogens with two attached hydrogens (primary N) is 1. The fourth-order valence-corrected chi connectivity index (χ4v) is 5.00. The second-order valence-electron chi connectivity index (χ2n) is 6.29. The molecule has 1 fully saturated rings. The maximum Gasteiger partial charge on any atom is 0.244 e. The summed E-state index contributed by atoms with van der Waals surface area (Å²) < 4.78 is 27.5. The lowest BCUT2D eigenvalue weighted by Crippen LogP contribution is -2.40. The summed E-state index contributed by atoms with van der Waals surface area (Å²) in [6.07, 6.45) is 2.79. The highest BCUT2D eigenvalue weighted by molar-refractivity contribution is 7.89. The zero-order chi connectivity index (χ0) is 16.3. The van der Waals surface area contributed by atoms with Crippen LogP contribution >= 0.6 is 11.6 Å². The number of hydrogen-bond acceptors (Lipinski definition) is 3. The number of sulfonamides is 1. The first-order valence-electron chi connectivity index (χ1n) is 7.86. The minimum atomic E-state index is -3.54. The largest absolute Gasteiger partial charge is 0.330 e. The van der Waals surface area contributed by atoms with E-state index in [-0.39, 0.29) is 10.8 Å². The lowest BCUT2D eigenvalue weighted by atomic mass is 9.96. The second-order valence-corrected chi connectivity index (χ2v) is 8.61. The third-order valence-electron chi connectivity index (χ3n) is 4.30. The lowest BCUT2D eigenvalue weighted by Gasteiger charge is -2.32. The molecule has 2 rings (SSSR count). The molecule has 1 aliphatic heterocycles. The number of rotatable bonds is 5. The molecule has 0 aliphatic carbocycles. The minimum absolute atomic E-state index is 0.230. The highest BCUT2D eigenvalue weighted by Gasteiger charge is 2.31. The molecule has 1 saturated heterocycles. The van der Waals surface area contributed by atoms with Crippen LogP contribution in [0.15, 0.2) is 23.1 Å². The molecule has 0 radical (unpaired) electrons. The van der Waals surface area contributed by atoms with Gasteiger partial charge in [-0.05, 0) is 55.3 Å². The van der Waals surface area contributed by atoms with E-state index in [9.17, 15) is 8.42 Å². The van der Waals surface area contributed by atoms with E-state index in [1.54, 1.807) is 16.4 Å². The Labute approximate surface area is 138 Å². The van der Waals surface area contributed by atoms with Crippen molar-refractivity contribution in [3.8, 4) is 0 Å². The smallest absolute Gasteiger partial charge is 0.244 e. The van der Waals surface area contributed by atoms with Crippen molar-refractivity contribution in [1.82, 2.24) is 4.31 Å². The maximum atomic E-state index is 12.9. The molecule has 0 amide bonds. The van der Waals surface area contributed by atoms with Gasteiger partial charge in [0.1, 0.15) is 4.90 Å². The van der Waals surface area contributed by atoms with Gasteiger partial charge in [0.2, 0.25) is 10.0 Å². The summed E-state index contributed by atoms with van der Waals surface area (Å²) in [7, 11) is -3.54. The van der Waals surface area contributed by atoms with Crippen molar-refractivity contribution in [2.75, 3.05) is 19.6 Å². The number of halogens is 1. The van der Waals surface area contributed by atoms with Gasteiger partial charge in [0, 0.05) is 13.1 Å². The van der Waals surface area contributed by atoms with Gasteiger partial charge < -0.3 is 5.73 Å². The Bertz CT molecular complexity index is 615. The van der Waals surface area contributed by atoms with Crippen molar-refractivity contribution in [2.24, 2.45) is 11.7 Å². The summed E-state index contributed by atoms with van der Waals surface area (Å²) in [5.74, 6) is 0.609. The van der Waals surface area contributed by atoms with Crippen LogP contribution in [-0.4, -0.2) is 32.4 Å². The number of nitrogens with zero attached hydrogens (tertiary/aromatic N) is 1. The Morgan fingerprint density at radius 2 is 2.14 bits per heavy atom. The van der Waals surface area contributed by atoms with Gasteiger partial charge in [0.15, 0.2) is 0 Å². The van der Waals surface area contributed by atoms with Gasteiger partial charge in [-0.1, -0.05) is 31.5 Å². The third-order valence-corrected chi connectivity index (χ3v) is 6.64. The van der Waals surface area contributed by atoms with Crippen molar-refractivity contribution in [3.63, 3.8) is 0 Å². The van der Waals surface area contributed by atoms with E-state index < -0.39 is 10.0 Å². The molecular formula is C16H25ClN2O2S. The van der Waals surface area contributed by atoms with Crippen LogP contribution in [0.4, 0.5) is 0 Å². The van der Waals surface area contributed by atoms with E-state index in [1.807, 2.05) is 19.9 Å². The SMILES string of the molecule is CC(C)c1ccc(Cl)c(S(=O)(=O)N2CCCC(CCN)C2)c1. The van der Waals surface area contributed by atoms with Gasteiger partial charge in [-0.25, -0.2) is 8.42 Å². The Morgan fingerprint density at radius 1 is 1.41 bits per heavy atom. The van der Waals surface area contributed by atoms with Crippen molar-refractivity contribution < 1.29 is 8.42 Å². The van der Waals surface area contributed by atoms with Crippen molar-refractivity contribution >= 4 is 21.6 Å². The Hall–Kier alpha value is -0.620. The Kier molecular flexibility index (Phi) is 5.88. The fraction of sp³-hybridized carbons (Fsp3) is 0.625. The molecular weight excluding hydrogens is 320 g/mol. The van der Waals surface area contributed by atoms with Crippen LogP contribution in [0, 0.1) is 5.92 Å². The quantitative estimate of drug-likeness (QED) is 0.892. The van der Waals surface area contributed by atoms with E-state index in [0.717, 1.165) is 24.8 Å². The van der Waals surface area contributed by atoms with Crippen molar-refractivity contribution in [1.29, 1.82) is 0 Å². The molecule has 4 nitrogen and oxygen atoms in total. The van der Waals surface area contributed by atoms with E-state index >= 15 is 0 Å². The highest BCUT2D eigenvalue weighted by atomic mass is 35.5. The number of piperidine rings is 1. The van der Waals surface area contributed by atoms with Gasteiger partial charge in [0.25, 0.3) is 0 Å². The predicted octanol–water partition coefficient (Wildman–Crippen LogP) is 3.21. The molecule has 1 aliphatic rings. The molecule has 0 bridgehead atoms. The van der Waals surface area contributed by atoms with Gasteiger partial charge in [-0.15, -0.1) is 0 Å². The summed E-state index contributed by atoms with van der Waals surface area (Å²) in [6.45, 7) is 5.78. The van der Waals surface area contributed by atoms with E-state index in [0.29, 0.717) is 30.6 Å². The summed E-state index contributed by atoms with van der Waals surface area (Å²) in [4.78, 5) is 0.230. The van der Waals surface area contributed by atoms with Crippen molar-refractivity contribution in [3.05, 3.63) is 28.8 Å².